The van der Waals surface area contributed by atoms with Crippen LogP contribution in [0.25, 0.3) is 0 Å². The van der Waals surface area contributed by atoms with Crippen LogP contribution in [0, 0.1) is 5.92 Å². The van der Waals surface area contributed by atoms with E-state index in [2.05, 4.69) is 0 Å². The molecule has 1 aliphatic heterocycles. The van der Waals surface area contributed by atoms with E-state index in [4.69, 9.17) is 10.8 Å². The zero-order valence-corrected chi connectivity index (χ0v) is 10.3. The maximum atomic E-state index is 11.9. The van der Waals surface area contributed by atoms with E-state index in [9.17, 15) is 13.2 Å². The van der Waals surface area contributed by atoms with Crippen LogP contribution < -0.4 is 5.73 Å². The summed E-state index contributed by atoms with van der Waals surface area (Å²) in [6, 6.07) is -0.218. The molecule has 0 aromatic rings. The van der Waals surface area contributed by atoms with Gasteiger partial charge < -0.3 is 10.8 Å². The number of nitrogens with zero attached hydrogens (tertiary/aromatic N) is 1. The predicted octanol–water partition coefficient (Wildman–Crippen LogP) is -0.542. The van der Waals surface area contributed by atoms with Crippen molar-refractivity contribution in [1.82, 2.24) is 4.31 Å². The van der Waals surface area contributed by atoms with Gasteiger partial charge in [0.05, 0.1) is 0 Å². The second-order valence-electron chi connectivity index (χ2n) is 4.31. The molecule has 3 unspecified atom stereocenters. The van der Waals surface area contributed by atoms with E-state index in [0.29, 0.717) is 13.0 Å². The second-order valence-corrected chi connectivity index (χ2v) is 6.57. The Balaban J connectivity index is 2.82. The molecule has 0 saturated carbocycles. The number of carboxylic acid groups (broad SMARTS) is 1. The average molecular weight is 250 g/mol. The number of carbonyl (C=O) groups is 1. The minimum absolute atomic E-state index is 0.209. The molecule has 1 rings (SSSR count). The largest absolute Gasteiger partial charge is 0.480 e. The third kappa shape index (κ3) is 2.53. The Kier molecular flexibility index (Phi) is 3.92. The summed E-state index contributed by atoms with van der Waals surface area (Å²) in [6.45, 7) is 3.71. The first-order valence-corrected chi connectivity index (χ1v) is 6.74. The number of piperidine rings is 1. The van der Waals surface area contributed by atoms with Gasteiger partial charge in [-0.3, -0.25) is 4.79 Å². The molecular weight excluding hydrogens is 232 g/mol. The molecule has 3 N–H and O–H groups in total. The molecule has 3 atom stereocenters. The lowest BCUT2D eigenvalue weighted by Gasteiger charge is -2.34. The van der Waals surface area contributed by atoms with Gasteiger partial charge in [0.2, 0.25) is 10.0 Å². The molecule has 1 fully saturated rings. The highest BCUT2D eigenvalue weighted by Gasteiger charge is 2.37. The Morgan fingerprint density at radius 1 is 1.56 bits per heavy atom. The van der Waals surface area contributed by atoms with E-state index < -0.39 is 21.2 Å². The van der Waals surface area contributed by atoms with Crippen LogP contribution in [-0.2, 0) is 14.8 Å². The fourth-order valence-electron chi connectivity index (χ4n) is 1.65. The van der Waals surface area contributed by atoms with Crippen molar-refractivity contribution in [3.8, 4) is 0 Å². The molecule has 1 saturated heterocycles. The predicted molar refractivity (Wildman–Crippen MR) is 59.3 cm³/mol. The van der Waals surface area contributed by atoms with Crippen LogP contribution in [0.15, 0.2) is 0 Å². The topological polar surface area (TPSA) is 101 Å². The molecule has 16 heavy (non-hydrogen) atoms. The van der Waals surface area contributed by atoms with Crippen LogP contribution in [0.4, 0.5) is 0 Å². The smallest absolute Gasteiger partial charge is 0.323 e. The van der Waals surface area contributed by atoms with Crippen molar-refractivity contribution in [2.24, 2.45) is 11.7 Å². The summed E-state index contributed by atoms with van der Waals surface area (Å²) in [7, 11) is -3.76. The van der Waals surface area contributed by atoms with E-state index >= 15 is 0 Å². The minimum Gasteiger partial charge on any atom is -0.480 e. The summed E-state index contributed by atoms with van der Waals surface area (Å²) >= 11 is 0. The Morgan fingerprint density at radius 2 is 2.12 bits per heavy atom. The van der Waals surface area contributed by atoms with Crippen LogP contribution in [0.2, 0.25) is 0 Å². The van der Waals surface area contributed by atoms with Crippen molar-refractivity contribution in [2.75, 3.05) is 13.1 Å². The maximum absolute atomic E-state index is 11.9. The van der Waals surface area contributed by atoms with E-state index in [-0.39, 0.29) is 18.5 Å². The van der Waals surface area contributed by atoms with E-state index in [1.54, 1.807) is 0 Å². The van der Waals surface area contributed by atoms with Gasteiger partial charge in [-0.25, -0.2) is 8.42 Å². The van der Waals surface area contributed by atoms with Crippen molar-refractivity contribution < 1.29 is 18.3 Å². The van der Waals surface area contributed by atoms with Crippen molar-refractivity contribution in [2.45, 2.75) is 31.6 Å². The zero-order valence-electron chi connectivity index (χ0n) is 9.46. The number of rotatable bonds is 3. The van der Waals surface area contributed by atoms with E-state index in [0.717, 1.165) is 0 Å². The Morgan fingerprint density at radius 3 is 2.56 bits per heavy atom. The van der Waals surface area contributed by atoms with Gasteiger partial charge in [-0.15, -0.1) is 0 Å². The number of carboxylic acids is 1. The van der Waals surface area contributed by atoms with Crippen LogP contribution in [0.1, 0.15) is 20.3 Å². The first-order valence-electron chi connectivity index (χ1n) is 5.24. The molecular formula is C9H18N2O4S. The number of sulfonamides is 1. The van der Waals surface area contributed by atoms with Crippen LogP contribution in [0.3, 0.4) is 0 Å². The SMILES string of the molecule is CC1CCN(S(=O)(=O)C(C)C(=O)O)CC1N. The molecule has 7 heteroatoms. The molecule has 1 heterocycles. The molecule has 0 amide bonds. The Bertz CT molecular complexity index is 368. The highest BCUT2D eigenvalue weighted by Crippen LogP contribution is 2.20. The monoisotopic (exact) mass is 250 g/mol. The molecule has 0 aliphatic carbocycles. The number of hydrogen-bond acceptors (Lipinski definition) is 4. The van der Waals surface area contributed by atoms with Crippen LogP contribution in [-0.4, -0.2) is 48.2 Å². The fourth-order valence-corrected chi connectivity index (χ4v) is 3.09. The quantitative estimate of drug-likeness (QED) is 0.700. The molecule has 0 bridgehead atoms. The Hall–Kier alpha value is -0.660. The van der Waals surface area contributed by atoms with Gasteiger partial charge in [-0.1, -0.05) is 6.92 Å². The van der Waals surface area contributed by atoms with Crippen molar-refractivity contribution in [3.05, 3.63) is 0 Å². The molecule has 0 spiro atoms. The molecule has 0 aromatic heterocycles. The first-order chi connectivity index (χ1) is 7.26. The summed E-state index contributed by atoms with van der Waals surface area (Å²) in [5.41, 5.74) is 5.79. The van der Waals surface area contributed by atoms with Gasteiger partial charge in [-0.2, -0.15) is 4.31 Å². The standard InChI is InChI=1S/C9H18N2O4S/c1-6-3-4-11(5-8(6)10)16(14,15)7(2)9(12)13/h6-8H,3-5,10H2,1-2H3,(H,12,13). The fraction of sp³-hybridized carbons (Fsp3) is 0.889. The Labute approximate surface area is 95.5 Å². The second kappa shape index (κ2) is 4.68. The summed E-state index contributed by atoms with van der Waals surface area (Å²) in [5.74, 6) is -1.06. The van der Waals surface area contributed by atoms with Gasteiger partial charge in [0, 0.05) is 19.1 Å². The number of aliphatic carboxylic acids is 1. The van der Waals surface area contributed by atoms with E-state index in [1.165, 1.54) is 11.2 Å². The van der Waals surface area contributed by atoms with E-state index in [1.807, 2.05) is 6.92 Å². The first kappa shape index (κ1) is 13.4. The summed E-state index contributed by atoms with van der Waals surface area (Å²) in [4.78, 5) is 10.7. The minimum atomic E-state index is -3.76. The van der Waals surface area contributed by atoms with Crippen LogP contribution in [0.5, 0.6) is 0 Å². The highest BCUT2D eigenvalue weighted by molar-refractivity contribution is 7.90. The third-order valence-corrected chi connectivity index (χ3v) is 5.28. The maximum Gasteiger partial charge on any atom is 0.323 e. The zero-order chi connectivity index (χ0) is 12.5. The van der Waals surface area contributed by atoms with Crippen LogP contribution >= 0.6 is 0 Å². The third-order valence-electron chi connectivity index (χ3n) is 3.13. The average Bonchev–Trinajstić information content (AvgIpc) is 2.20. The number of hydrogen-bond donors (Lipinski definition) is 2. The summed E-state index contributed by atoms with van der Waals surface area (Å²) in [5, 5.41) is 7.32. The highest BCUT2D eigenvalue weighted by atomic mass is 32.2. The van der Waals surface area contributed by atoms with Crippen molar-refractivity contribution in [1.29, 1.82) is 0 Å². The molecule has 0 aromatic carbocycles. The lowest BCUT2D eigenvalue weighted by molar-refractivity contribution is -0.136. The lowest BCUT2D eigenvalue weighted by Crippen LogP contribution is -2.52. The van der Waals surface area contributed by atoms with Gasteiger partial charge in [0.25, 0.3) is 0 Å². The molecule has 0 radical (unpaired) electrons. The van der Waals surface area contributed by atoms with Crippen molar-refractivity contribution >= 4 is 16.0 Å². The molecule has 6 nitrogen and oxygen atoms in total. The van der Waals surface area contributed by atoms with Gasteiger partial charge in [-0.05, 0) is 19.3 Å². The van der Waals surface area contributed by atoms with Crippen molar-refractivity contribution in [3.63, 3.8) is 0 Å². The van der Waals surface area contributed by atoms with Gasteiger partial charge in [0.15, 0.2) is 5.25 Å². The summed E-state index contributed by atoms with van der Waals surface area (Å²) < 4.78 is 24.9. The summed E-state index contributed by atoms with van der Waals surface area (Å²) in [6.07, 6.45) is 0.673. The molecule has 94 valence electrons. The van der Waals surface area contributed by atoms with Gasteiger partial charge >= 0.3 is 5.97 Å². The van der Waals surface area contributed by atoms with Gasteiger partial charge in [0.1, 0.15) is 0 Å². The normalized spacial score (nSPS) is 29.9. The lowest BCUT2D eigenvalue weighted by atomic mass is 9.96. The molecule has 1 aliphatic rings. The number of nitrogens with two attached hydrogens (primary N) is 1.